The van der Waals surface area contributed by atoms with Crippen molar-refractivity contribution in [3.05, 3.63) is 71.8 Å². The number of hydrogen-bond donors (Lipinski definition) is 0. The Bertz CT molecular complexity index is 708. The molecule has 0 aliphatic carbocycles. The van der Waals surface area contributed by atoms with Gasteiger partial charge in [-0.2, -0.15) is 0 Å². The van der Waals surface area contributed by atoms with Gasteiger partial charge in [0.1, 0.15) is 13.2 Å². The Morgan fingerprint density at radius 3 is 1.38 bits per heavy atom. The first-order chi connectivity index (χ1) is 12.7. The van der Waals surface area contributed by atoms with E-state index < -0.39 is 24.8 Å². The highest BCUT2D eigenvalue weighted by atomic mass is 16.7. The first-order valence-electron chi connectivity index (χ1n) is 8.42. The molecule has 0 spiro atoms. The van der Waals surface area contributed by atoms with Gasteiger partial charge in [0.2, 0.25) is 0 Å². The maximum Gasteiger partial charge on any atom is 0.190 e. The van der Waals surface area contributed by atoms with Crippen LogP contribution in [0.1, 0.15) is 23.7 Å². The van der Waals surface area contributed by atoms with Gasteiger partial charge < -0.3 is 18.9 Å². The molecule has 6 heteroatoms. The molecular weight excluding hydrogens is 336 g/mol. The molecule has 4 rings (SSSR count). The molecule has 134 valence electrons. The zero-order valence-corrected chi connectivity index (χ0v) is 13.9. The van der Waals surface area contributed by atoms with E-state index in [0.717, 1.165) is 11.1 Å². The van der Waals surface area contributed by atoms with Gasteiger partial charge >= 0.3 is 0 Å². The predicted molar refractivity (Wildman–Crippen MR) is 90.0 cm³/mol. The van der Waals surface area contributed by atoms with Crippen molar-refractivity contribution in [3.63, 3.8) is 0 Å². The minimum Gasteiger partial charge on any atom is -0.340 e. The van der Waals surface area contributed by atoms with Crippen molar-refractivity contribution in [3.8, 4) is 0 Å². The van der Waals surface area contributed by atoms with Gasteiger partial charge in [-0.25, -0.2) is 0 Å². The molecular formula is C20H18O6. The zero-order chi connectivity index (χ0) is 17.9. The minimum atomic E-state index is -1.02. The summed E-state index contributed by atoms with van der Waals surface area (Å²) in [6.07, 6.45) is -3.46. The third kappa shape index (κ3) is 3.45. The van der Waals surface area contributed by atoms with Crippen LogP contribution in [-0.2, 0) is 28.5 Å². The monoisotopic (exact) mass is 354 g/mol. The largest absolute Gasteiger partial charge is 0.340 e. The molecule has 2 heterocycles. The lowest BCUT2D eigenvalue weighted by molar-refractivity contribution is -0.264. The van der Waals surface area contributed by atoms with Gasteiger partial charge in [-0.15, -0.1) is 0 Å². The molecule has 2 unspecified atom stereocenters. The third-order valence-electron chi connectivity index (χ3n) is 4.35. The van der Waals surface area contributed by atoms with Gasteiger partial charge in [0, 0.05) is 11.1 Å². The third-order valence-corrected chi connectivity index (χ3v) is 4.35. The highest BCUT2D eigenvalue weighted by Crippen LogP contribution is 2.32. The maximum absolute atomic E-state index is 12.3. The predicted octanol–water partition coefficient (Wildman–Crippen LogP) is 2.35. The van der Waals surface area contributed by atoms with Gasteiger partial charge in [-0.1, -0.05) is 60.7 Å². The van der Waals surface area contributed by atoms with Crippen molar-refractivity contribution >= 4 is 11.6 Å². The van der Waals surface area contributed by atoms with E-state index in [1.807, 2.05) is 60.7 Å². The number of benzene rings is 2. The van der Waals surface area contributed by atoms with E-state index >= 15 is 0 Å². The van der Waals surface area contributed by atoms with Crippen molar-refractivity contribution < 1.29 is 28.5 Å². The number of hydrogen-bond acceptors (Lipinski definition) is 6. The van der Waals surface area contributed by atoms with Crippen molar-refractivity contribution in [2.24, 2.45) is 0 Å². The SMILES string of the molecule is O=C1COC(c2ccccc2)O[C@H]1[C@@H]1OC(c2ccccc2)OCC1=O. The zero-order valence-electron chi connectivity index (χ0n) is 13.9. The number of ether oxygens (including phenoxy) is 4. The van der Waals surface area contributed by atoms with Crippen LogP contribution in [0.3, 0.4) is 0 Å². The molecule has 2 aromatic carbocycles. The number of carbonyl (C=O) groups excluding carboxylic acids is 2. The van der Waals surface area contributed by atoms with Gasteiger partial charge in [0.25, 0.3) is 0 Å². The Kier molecular flexibility index (Phi) is 4.90. The van der Waals surface area contributed by atoms with E-state index in [9.17, 15) is 9.59 Å². The molecule has 2 aliphatic heterocycles. The van der Waals surface area contributed by atoms with E-state index in [4.69, 9.17) is 18.9 Å². The molecule has 0 amide bonds. The van der Waals surface area contributed by atoms with Crippen molar-refractivity contribution in [1.82, 2.24) is 0 Å². The number of Topliss-reactive ketones (excluding diaryl/α,β-unsaturated/α-hetero) is 2. The van der Waals surface area contributed by atoms with Crippen LogP contribution in [0.4, 0.5) is 0 Å². The lowest BCUT2D eigenvalue weighted by Crippen LogP contribution is -2.52. The molecule has 2 saturated heterocycles. The Labute approximate surface area is 150 Å². The quantitative estimate of drug-likeness (QED) is 0.843. The molecule has 2 aliphatic rings. The van der Waals surface area contributed by atoms with E-state index in [0.29, 0.717) is 0 Å². The average molecular weight is 354 g/mol. The van der Waals surface area contributed by atoms with Crippen LogP contribution in [-0.4, -0.2) is 37.0 Å². The second-order valence-electron chi connectivity index (χ2n) is 6.15. The number of rotatable bonds is 3. The fourth-order valence-electron chi connectivity index (χ4n) is 3.03. The highest BCUT2D eigenvalue weighted by molar-refractivity contribution is 5.94. The summed E-state index contributed by atoms with van der Waals surface area (Å²) in [5.41, 5.74) is 1.56. The number of ketones is 2. The molecule has 0 saturated carbocycles. The lowest BCUT2D eigenvalue weighted by Gasteiger charge is -2.37. The van der Waals surface area contributed by atoms with E-state index in [1.54, 1.807) is 0 Å². The van der Waals surface area contributed by atoms with E-state index in [2.05, 4.69) is 0 Å². The van der Waals surface area contributed by atoms with Crippen LogP contribution in [0.15, 0.2) is 60.7 Å². The van der Waals surface area contributed by atoms with Crippen molar-refractivity contribution in [1.29, 1.82) is 0 Å². The van der Waals surface area contributed by atoms with E-state index in [-0.39, 0.29) is 24.8 Å². The summed E-state index contributed by atoms with van der Waals surface area (Å²) < 4.78 is 22.6. The Hall–Kier alpha value is -2.38. The van der Waals surface area contributed by atoms with Crippen LogP contribution in [0, 0.1) is 0 Å². The second kappa shape index (κ2) is 7.47. The lowest BCUT2D eigenvalue weighted by atomic mass is 10.0. The van der Waals surface area contributed by atoms with Gasteiger partial charge in [-0.3, -0.25) is 9.59 Å². The molecule has 2 fully saturated rings. The normalized spacial score (nSPS) is 29.5. The summed E-state index contributed by atoms with van der Waals surface area (Å²) in [6, 6.07) is 18.6. The fourth-order valence-corrected chi connectivity index (χ4v) is 3.03. The fraction of sp³-hybridized carbons (Fsp3) is 0.300. The summed E-state index contributed by atoms with van der Waals surface area (Å²) in [4.78, 5) is 24.7. The summed E-state index contributed by atoms with van der Waals surface area (Å²) in [7, 11) is 0. The van der Waals surface area contributed by atoms with Crippen molar-refractivity contribution in [2.75, 3.05) is 13.2 Å². The molecule has 0 radical (unpaired) electrons. The Balaban J connectivity index is 1.53. The molecule has 6 nitrogen and oxygen atoms in total. The van der Waals surface area contributed by atoms with Crippen LogP contribution in [0.5, 0.6) is 0 Å². The summed E-state index contributed by atoms with van der Waals surface area (Å²) in [5, 5.41) is 0. The van der Waals surface area contributed by atoms with Gasteiger partial charge in [0.15, 0.2) is 36.4 Å². The summed E-state index contributed by atoms with van der Waals surface area (Å²) in [6.45, 7) is -0.261. The standard InChI is InChI=1S/C20H18O6/c21-15-11-23-19(13-7-3-1-4-8-13)25-17(15)18-16(22)12-24-20(26-18)14-9-5-2-6-10-14/h1-10,17-20H,11-12H2/t17-,18-,19?,20?/m1/s1. The topological polar surface area (TPSA) is 71.1 Å². The van der Waals surface area contributed by atoms with E-state index in [1.165, 1.54) is 0 Å². The molecule has 0 N–H and O–H groups in total. The maximum atomic E-state index is 12.3. The van der Waals surface area contributed by atoms with Gasteiger partial charge in [0.05, 0.1) is 0 Å². The van der Waals surface area contributed by atoms with Crippen LogP contribution >= 0.6 is 0 Å². The Morgan fingerprint density at radius 1 is 0.615 bits per heavy atom. The summed E-state index contributed by atoms with van der Waals surface area (Å²) >= 11 is 0. The van der Waals surface area contributed by atoms with Crippen LogP contribution < -0.4 is 0 Å². The second-order valence-corrected chi connectivity index (χ2v) is 6.15. The Morgan fingerprint density at radius 2 is 1.00 bits per heavy atom. The highest BCUT2D eigenvalue weighted by Gasteiger charge is 2.44. The smallest absolute Gasteiger partial charge is 0.190 e. The minimum absolute atomic E-state index is 0.131. The first kappa shape index (κ1) is 17.1. The van der Waals surface area contributed by atoms with Crippen molar-refractivity contribution in [2.45, 2.75) is 24.8 Å². The van der Waals surface area contributed by atoms with Crippen LogP contribution in [0.25, 0.3) is 0 Å². The number of carbonyl (C=O) groups is 2. The molecule has 4 atom stereocenters. The van der Waals surface area contributed by atoms with Gasteiger partial charge in [-0.05, 0) is 0 Å². The molecule has 0 bridgehead atoms. The summed E-state index contributed by atoms with van der Waals surface area (Å²) in [5.74, 6) is -0.631. The molecule has 26 heavy (non-hydrogen) atoms. The average Bonchev–Trinajstić information content (AvgIpc) is 2.70. The first-order valence-corrected chi connectivity index (χ1v) is 8.42. The molecule has 0 aromatic heterocycles. The molecule has 2 aromatic rings. The van der Waals surface area contributed by atoms with Crippen LogP contribution in [0.2, 0.25) is 0 Å².